The lowest BCUT2D eigenvalue weighted by Gasteiger charge is -2.38. The fourth-order valence-corrected chi connectivity index (χ4v) is 10.7. The molecule has 360 valence electrons. The third kappa shape index (κ3) is 8.20. The molecular formula is C65H53FN8. The van der Waals surface area contributed by atoms with Crippen LogP contribution in [0.15, 0.2) is 207 Å². The van der Waals surface area contributed by atoms with Crippen molar-refractivity contribution in [3.8, 4) is 67.0 Å². The smallest absolute Gasteiger partial charge is 0.163 e. The van der Waals surface area contributed by atoms with Crippen molar-refractivity contribution in [3.05, 3.63) is 229 Å². The van der Waals surface area contributed by atoms with Crippen molar-refractivity contribution in [2.24, 2.45) is 11.5 Å². The predicted molar refractivity (Wildman–Crippen MR) is 298 cm³/mol. The normalized spacial score (nSPS) is 14.6. The number of nitrogens with two attached hydrogens (primary N) is 2. The van der Waals surface area contributed by atoms with Gasteiger partial charge < -0.3 is 11.5 Å². The Hall–Kier alpha value is -8.63. The molecule has 4 heterocycles. The Morgan fingerprint density at radius 1 is 0.419 bits per heavy atom. The number of aryl methyl sites for hydroxylation is 1. The van der Waals surface area contributed by atoms with Crippen molar-refractivity contribution in [2.45, 2.75) is 56.5 Å². The number of halogens is 1. The van der Waals surface area contributed by atoms with Gasteiger partial charge in [-0.15, -0.1) is 0 Å². The predicted octanol–water partition coefficient (Wildman–Crippen LogP) is 14.9. The lowest BCUT2D eigenvalue weighted by Crippen LogP contribution is -2.43. The summed E-state index contributed by atoms with van der Waals surface area (Å²) in [6, 6.07) is 65.7. The zero-order valence-corrected chi connectivity index (χ0v) is 41.1. The molecule has 0 amide bonds. The summed E-state index contributed by atoms with van der Waals surface area (Å²) < 4.78 is 17.3. The Balaban J connectivity index is 0.000000143. The molecule has 0 unspecified atom stereocenters. The molecule has 14 rings (SSSR count). The van der Waals surface area contributed by atoms with Gasteiger partial charge >= 0.3 is 0 Å². The van der Waals surface area contributed by atoms with Crippen LogP contribution in [0.1, 0.15) is 55.2 Å². The SMILES string of the molecule is Cc1ccc(-c2ccc3nn4cc(-c5ccccc5)c(-c5ccc(C6(N)CCC6)cc5)nc4c3c2)cc1.NC1(c2ccc(-c3nc4c5cc(-c6ccc(F)cc6)ccc5nn4cc3-c3ccccc3)cc2)CCC1. The maximum atomic E-state index is 13.5. The molecule has 12 aromatic rings. The average molecular weight is 965 g/mol. The van der Waals surface area contributed by atoms with Crippen molar-refractivity contribution in [3.63, 3.8) is 0 Å². The maximum absolute atomic E-state index is 13.5. The second-order valence-electron chi connectivity index (χ2n) is 20.3. The molecular weight excluding hydrogens is 912 g/mol. The molecule has 4 aromatic heterocycles. The van der Waals surface area contributed by atoms with Crippen molar-refractivity contribution in [1.29, 1.82) is 0 Å². The van der Waals surface area contributed by atoms with Gasteiger partial charge in [0.05, 0.1) is 22.4 Å². The summed E-state index contributed by atoms with van der Waals surface area (Å²) in [4.78, 5) is 10.4. The Morgan fingerprint density at radius 3 is 1.19 bits per heavy atom. The third-order valence-electron chi connectivity index (χ3n) is 15.5. The molecule has 0 spiro atoms. The first-order valence-electron chi connectivity index (χ1n) is 25.5. The van der Waals surface area contributed by atoms with E-state index in [0.29, 0.717) is 0 Å². The molecule has 0 bridgehead atoms. The molecule has 4 N–H and O–H groups in total. The summed E-state index contributed by atoms with van der Waals surface area (Å²) in [6.07, 6.45) is 10.7. The van der Waals surface area contributed by atoms with Crippen LogP contribution in [0.3, 0.4) is 0 Å². The average Bonchev–Trinajstić information content (AvgIpc) is 3.99. The van der Waals surface area contributed by atoms with Gasteiger partial charge in [-0.3, -0.25) is 0 Å². The van der Waals surface area contributed by atoms with Gasteiger partial charge in [0.15, 0.2) is 11.3 Å². The first-order valence-corrected chi connectivity index (χ1v) is 25.5. The molecule has 0 radical (unpaired) electrons. The Labute approximate surface area is 428 Å². The van der Waals surface area contributed by atoms with E-state index in [0.717, 1.165) is 120 Å². The summed E-state index contributed by atoms with van der Waals surface area (Å²) in [5.74, 6) is -0.246. The topological polar surface area (TPSA) is 112 Å². The van der Waals surface area contributed by atoms with E-state index in [4.69, 9.17) is 31.6 Å². The van der Waals surface area contributed by atoms with E-state index in [2.05, 4.69) is 153 Å². The van der Waals surface area contributed by atoms with Gasteiger partial charge in [-0.05, 0) is 126 Å². The Bertz CT molecular complexity index is 3760. The number of aromatic nitrogens is 6. The van der Waals surface area contributed by atoms with E-state index in [1.165, 1.54) is 47.2 Å². The van der Waals surface area contributed by atoms with Crippen LogP contribution in [0.25, 0.3) is 100 Å². The molecule has 9 heteroatoms. The Kier molecular flexibility index (Phi) is 11.1. The minimum Gasteiger partial charge on any atom is -0.321 e. The van der Waals surface area contributed by atoms with E-state index in [9.17, 15) is 4.39 Å². The third-order valence-corrected chi connectivity index (χ3v) is 15.5. The highest BCUT2D eigenvalue weighted by molar-refractivity contribution is 5.98. The number of hydrogen-bond donors (Lipinski definition) is 2. The molecule has 2 aliphatic rings. The fourth-order valence-electron chi connectivity index (χ4n) is 10.7. The summed E-state index contributed by atoms with van der Waals surface area (Å²) in [5, 5.41) is 11.7. The standard InChI is InChI=1S/C33H28N4.C32H25FN4/c1-22-8-10-23(11-9-22)26-14-17-30-28(20-26)32-35-31(25-12-15-27(16-13-25)33(34)18-5-19-33)29(21-37(32)36-30)24-6-3-2-4-7-24;33-26-14-9-21(10-15-26)24-11-16-29-27(19-24)31-35-30(23-7-12-25(13-8-23)32(34)17-4-18-32)28(20-37(31)36-29)22-5-2-1-3-6-22/h2-4,6-17,20-21H,5,18-19,34H2,1H3;1-3,5-16,19-20H,4,17-18,34H2. The van der Waals surface area contributed by atoms with Gasteiger partial charge in [0.2, 0.25) is 0 Å². The van der Waals surface area contributed by atoms with Crippen molar-refractivity contribution in [1.82, 2.24) is 29.2 Å². The highest BCUT2D eigenvalue weighted by Gasteiger charge is 2.35. The van der Waals surface area contributed by atoms with Crippen LogP contribution in [0.4, 0.5) is 4.39 Å². The monoisotopic (exact) mass is 964 g/mol. The summed E-state index contributed by atoms with van der Waals surface area (Å²) in [6.45, 7) is 2.11. The molecule has 2 saturated carbocycles. The van der Waals surface area contributed by atoms with Gasteiger partial charge in [-0.1, -0.05) is 163 Å². The van der Waals surface area contributed by atoms with Crippen LogP contribution >= 0.6 is 0 Å². The van der Waals surface area contributed by atoms with E-state index in [-0.39, 0.29) is 16.9 Å². The van der Waals surface area contributed by atoms with Gasteiger partial charge in [-0.2, -0.15) is 10.2 Å². The summed E-state index contributed by atoms with van der Waals surface area (Å²) in [7, 11) is 0. The number of nitrogens with zero attached hydrogens (tertiary/aromatic N) is 6. The molecule has 74 heavy (non-hydrogen) atoms. The lowest BCUT2D eigenvalue weighted by molar-refractivity contribution is 0.253. The zero-order valence-electron chi connectivity index (χ0n) is 41.1. The molecule has 8 nitrogen and oxygen atoms in total. The number of benzene rings is 8. The van der Waals surface area contributed by atoms with Gasteiger partial charge in [0, 0.05) is 56.5 Å². The van der Waals surface area contributed by atoms with E-state index >= 15 is 0 Å². The minimum absolute atomic E-state index is 0.174. The van der Waals surface area contributed by atoms with E-state index in [1.54, 1.807) is 12.1 Å². The van der Waals surface area contributed by atoms with Gasteiger partial charge in [0.1, 0.15) is 5.82 Å². The van der Waals surface area contributed by atoms with Crippen LogP contribution in [0.5, 0.6) is 0 Å². The first kappa shape index (κ1) is 45.2. The fraction of sp³-hybridized carbons (Fsp3) is 0.138. The number of hydrogen-bond acceptors (Lipinski definition) is 6. The highest BCUT2D eigenvalue weighted by Crippen LogP contribution is 2.42. The molecule has 8 aromatic carbocycles. The summed E-state index contributed by atoms with van der Waals surface area (Å²) >= 11 is 0. The van der Waals surface area contributed by atoms with Crippen LogP contribution in [0.2, 0.25) is 0 Å². The largest absolute Gasteiger partial charge is 0.321 e. The van der Waals surface area contributed by atoms with Crippen molar-refractivity contribution < 1.29 is 4.39 Å². The second kappa shape index (κ2) is 18.1. The molecule has 2 fully saturated rings. The highest BCUT2D eigenvalue weighted by atomic mass is 19.1. The molecule has 2 aliphatic carbocycles. The van der Waals surface area contributed by atoms with Gasteiger partial charge in [0.25, 0.3) is 0 Å². The lowest BCUT2D eigenvalue weighted by atomic mass is 9.72. The molecule has 0 atom stereocenters. The van der Waals surface area contributed by atoms with E-state index in [1.807, 2.05) is 45.4 Å². The first-order chi connectivity index (χ1) is 36.1. The van der Waals surface area contributed by atoms with Crippen LogP contribution in [-0.4, -0.2) is 29.2 Å². The van der Waals surface area contributed by atoms with Crippen LogP contribution < -0.4 is 11.5 Å². The second-order valence-corrected chi connectivity index (χ2v) is 20.3. The van der Waals surface area contributed by atoms with E-state index < -0.39 is 0 Å². The van der Waals surface area contributed by atoms with Crippen LogP contribution in [-0.2, 0) is 11.1 Å². The Morgan fingerprint density at radius 2 is 0.797 bits per heavy atom. The van der Waals surface area contributed by atoms with Crippen LogP contribution in [0, 0.1) is 12.7 Å². The molecule has 0 aliphatic heterocycles. The molecule has 0 saturated heterocycles. The number of fused-ring (bicyclic) bond motifs is 6. The zero-order chi connectivity index (χ0) is 50.0. The summed E-state index contributed by atoms with van der Waals surface area (Å²) in [5.41, 5.74) is 32.4. The van der Waals surface area contributed by atoms with Gasteiger partial charge in [-0.25, -0.2) is 23.4 Å². The maximum Gasteiger partial charge on any atom is 0.163 e. The minimum atomic E-state index is -0.246. The number of rotatable bonds is 8. The quantitative estimate of drug-likeness (QED) is 0.157. The van der Waals surface area contributed by atoms with Crippen molar-refractivity contribution in [2.75, 3.05) is 0 Å². The van der Waals surface area contributed by atoms with Crippen molar-refractivity contribution >= 4 is 33.1 Å².